The van der Waals surface area contributed by atoms with Gasteiger partial charge < -0.3 is 10.0 Å². The first kappa shape index (κ1) is 14.8. The second-order valence-corrected chi connectivity index (χ2v) is 5.68. The number of hydrogen-bond acceptors (Lipinski definition) is 4. The van der Waals surface area contributed by atoms with Gasteiger partial charge >= 0.3 is 0 Å². The molecule has 0 amide bonds. The van der Waals surface area contributed by atoms with Crippen molar-refractivity contribution >= 4 is 28.8 Å². The molecule has 0 bridgehead atoms. The molecule has 1 aliphatic heterocycles. The molecule has 2 aromatic rings. The minimum Gasteiger partial charge on any atom is -0.365 e. The van der Waals surface area contributed by atoms with E-state index in [0.29, 0.717) is 16.6 Å². The van der Waals surface area contributed by atoms with E-state index in [2.05, 4.69) is 9.98 Å². The fourth-order valence-electron chi connectivity index (χ4n) is 2.38. The number of amidine groups is 1. The van der Waals surface area contributed by atoms with Gasteiger partial charge in [0.2, 0.25) is 6.23 Å². The van der Waals surface area contributed by atoms with Crippen molar-refractivity contribution in [3.05, 3.63) is 64.7 Å². The van der Waals surface area contributed by atoms with Crippen molar-refractivity contribution in [1.29, 1.82) is 0 Å². The third kappa shape index (κ3) is 2.75. The molecule has 1 heterocycles. The molecular weight excluding hydrogens is 298 g/mol. The van der Waals surface area contributed by atoms with Crippen LogP contribution in [-0.4, -0.2) is 41.9 Å². The van der Waals surface area contributed by atoms with Crippen LogP contribution in [0.3, 0.4) is 0 Å². The van der Waals surface area contributed by atoms with Crippen LogP contribution in [-0.2, 0) is 0 Å². The SMILES string of the molecule is CN(C)C1=Nc2ccc(Cl)cc2C(c2ccccc2)=NC1O. The summed E-state index contributed by atoms with van der Waals surface area (Å²) in [7, 11) is 3.67. The summed E-state index contributed by atoms with van der Waals surface area (Å²) in [6.45, 7) is 0. The van der Waals surface area contributed by atoms with Crippen LogP contribution in [0.5, 0.6) is 0 Å². The molecule has 2 aromatic carbocycles. The van der Waals surface area contributed by atoms with Crippen LogP contribution < -0.4 is 0 Å². The Morgan fingerprint density at radius 3 is 2.50 bits per heavy atom. The van der Waals surface area contributed by atoms with Gasteiger partial charge in [-0.2, -0.15) is 0 Å². The Kier molecular flexibility index (Phi) is 3.96. The topological polar surface area (TPSA) is 48.2 Å². The van der Waals surface area contributed by atoms with Gasteiger partial charge in [0, 0.05) is 30.2 Å². The van der Waals surface area contributed by atoms with E-state index in [0.717, 1.165) is 16.8 Å². The van der Waals surface area contributed by atoms with Crippen molar-refractivity contribution in [2.75, 3.05) is 14.1 Å². The molecule has 0 aromatic heterocycles. The number of aliphatic imine (C=N–C) groups is 2. The summed E-state index contributed by atoms with van der Waals surface area (Å²) in [5.74, 6) is 0.495. The van der Waals surface area contributed by atoms with Crippen LogP contribution in [0.2, 0.25) is 5.02 Å². The number of likely N-dealkylation sites (N-methyl/N-ethyl adjacent to an activating group) is 1. The average Bonchev–Trinajstić information content (AvgIpc) is 2.65. The number of hydrogen-bond donors (Lipinski definition) is 1. The van der Waals surface area contributed by atoms with Crippen molar-refractivity contribution in [3.8, 4) is 0 Å². The zero-order valence-electron chi connectivity index (χ0n) is 12.4. The van der Waals surface area contributed by atoms with E-state index in [1.807, 2.05) is 56.6 Å². The highest BCUT2D eigenvalue weighted by Gasteiger charge is 2.23. The molecule has 5 heteroatoms. The van der Waals surface area contributed by atoms with E-state index in [1.54, 1.807) is 11.0 Å². The summed E-state index contributed by atoms with van der Waals surface area (Å²) in [4.78, 5) is 10.8. The highest BCUT2D eigenvalue weighted by atomic mass is 35.5. The van der Waals surface area contributed by atoms with Gasteiger partial charge in [-0.25, -0.2) is 9.98 Å². The van der Waals surface area contributed by atoms with Crippen molar-refractivity contribution in [2.45, 2.75) is 6.23 Å². The van der Waals surface area contributed by atoms with E-state index in [-0.39, 0.29) is 0 Å². The fourth-order valence-corrected chi connectivity index (χ4v) is 2.56. The first-order chi connectivity index (χ1) is 10.6. The normalized spacial score (nSPS) is 17.2. The minimum absolute atomic E-state index is 0.495. The van der Waals surface area contributed by atoms with Crippen LogP contribution in [0.1, 0.15) is 11.1 Å². The lowest BCUT2D eigenvalue weighted by Crippen LogP contribution is -2.32. The third-order valence-corrected chi connectivity index (χ3v) is 3.67. The van der Waals surface area contributed by atoms with Crippen molar-refractivity contribution in [3.63, 3.8) is 0 Å². The molecule has 0 fully saturated rings. The third-order valence-electron chi connectivity index (χ3n) is 3.44. The molecule has 1 N–H and O–H groups in total. The zero-order valence-corrected chi connectivity index (χ0v) is 13.1. The lowest BCUT2D eigenvalue weighted by molar-refractivity contribution is 0.238. The van der Waals surface area contributed by atoms with Gasteiger partial charge in [-0.3, -0.25) is 0 Å². The molecule has 0 spiro atoms. The maximum Gasteiger partial charge on any atom is 0.204 e. The number of aliphatic hydroxyl groups excluding tert-OH is 1. The monoisotopic (exact) mass is 313 g/mol. The Morgan fingerprint density at radius 2 is 1.82 bits per heavy atom. The van der Waals surface area contributed by atoms with E-state index >= 15 is 0 Å². The molecular formula is C17H16ClN3O. The minimum atomic E-state index is -1.02. The maximum atomic E-state index is 10.4. The summed E-state index contributed by atoms with van der Waals surface area (Å²) >= 11 is 6.14. The lowest BCUT2D eigenvalue weighted by atomic mass is 10.0. The second kappa shape index (κ2) is 5.91. The van der Waals surface area contributed by atoms with Gasteiger partial charge in [0.1, 0.15) is 0 Å². The first-order valence-electron chi connectivity index (χ1n) is 6.93. The summed E-state index contributed by atoms with van der Waals surface area (Å²) in [6.07, 6.45) is -1.02. The molecule has 0 radical (unpaired) electrons. The zero-order chi connectivity index (χ0) is 15.7. The molecule has 112 valence electrons. The molecule has 0 aliphatic carbocycles. The van der Waals surface area contributed by atoms with Crippen LogP contribution >= 0.6 is 11.6 Å². The predicted molar refractivity (Wildman–Crippen MR) is 90.3 cm³/mol. The summed E-state index contributed by atoms with van der Waals surface area (Å²) in [5, 5.41) is 11.0. The Bertz CT molecular complexity index is 754. The Hall–Kier alpha value is -2.17. The molecule has 4 nitrogen and oxygen atoms in total. The summed E-state index contributed by atoms with van der Waals surface area (Å²) in [5.41, 5.74) is 3.16. The second-order valence-electron chi connectivity index (χ2n) is 5.24. The predicted octanol–water partition coefficient (Wildman–Crippen LogP) is 3.10. The van der Waals surface area contributed by atoms with Crippen LogP contribution in [0.25, 0.3) is 0 Å². The summed E-state index contributed by atoms with van der Waals surface area (Å²) < 4.78 is 0. The van der Waals surface area contributed by atoms with E-state index in [1.165, 1.54) is 0 Å². The fraction of sp³-hybridized carbons (Fsp3) is 0.176. The smallest absolute Gasteiger partial charge is 0.204 e. The molecule has 0 saturated carbocycles. The molecule has 0 saturated heterocycles. The van der Waals surface area contributed by atoms with Crippen molar-refractivity contribution in [1.82, 2.24) is 4.90 Å². The summed E-state index contributed by atoms with van der Waals surface area (Å²) in [6, 6.07) is 15.2. The van der Waals surface area contributed by atoms with Gasteiger partial charge in [-0.05, 0) is 18.2 Å². The standard InChI is InChI=1S/C17H16ClN3O/c1-21(2)16-17(22)20-15(11-6-4-3-5-7-11)13-10-12(18)8-9-14(13)19-16/h3-10,17,22H,1-2H3. The van der Waals surface area contributed by atoms with Gasteiger partial charge in [0.25, 0.3) is 0 Å². The molecule has 1 unspecified atom stereocenters. The van der Waals surface area contributed by atoms with Gasteiger partial charge in [-0.15, -0.1) is 0 Å². The average molecular weight is 314 g/mol. The van der Waals surface area contributed by atoms with Crippen LogP contribution in [0.4, 0.5) is 5.69 Å². The van der Waals surface area contributed by atoms with Crippen molar-refractivity contribution in [2.24, 2.45) is 9.98 Å². The first-order valence-corrected chi connectivity index (χ1v) is 7.31. The van der Waals surface area contributed by atoms with E-state index in [9.17, 15) is 5.11 Å². The number of benzene rings is 2. The number of fused-ring (bicyclic) bond motifs is 1. The van der Waals surface area contributed by atoms with Gasteiger partial charge in [0.05, 0.1) is 11.4 Å². The highest BCUT2D eigenvalue weighted by molar-refractivity contribution is 6.31. The lowest BCUT2D eigenvalue weighted by Gasteiger charge is -2.17. The molecule has 1 aliphatic rings. The Labute approximate surface area is 134 Å². The molecule has 22 heavy (non-hydrogen) atoms. The van der Waals surface area contributed by atoms with E-state index < -0.39 is 6.23 Å². The van der Waals surface area contributed by atoms with Crippen molar-refractivity contribution < 1.29 is 5.11 Å². The van der Waals surface area contributed by atoms with Gasteiger partial charge in [-0.1, -0.05) is 41.9 Å². The van der Waals surface area contributed by atoms with Crippen LogP contribution in [0.15, 0.2) is 58.5 Å². The Balaban J connectivity index is 2.24. The number of rotatable bonds is 1. The quantitative estimate of drug-likeness (QED) is 0.879. The number of nitrogens with zero attached hydrogens (tertiary/aromatic N) is 3. The van der Waals surface area contributed by atoms with Gasteiger partial charge in [0.15, 0.2) is 5.84 Å². The van der Waals surface area contributed by atoms with Crippen LogP contribution in [0, 0.1) is 0 Å². The largest absolute Gasteiger partial charge is 0.365 e. The number of aliphatic hydroxyl groups is 1. The Morgan fingerprint density at radius 1 is 1.09 bits per heavy atom. The molecule has 3 rings (SSSR count). The molecule has 1 atom stereocenters. The highest BCUT2D eigenvalue weighted by Crippen LogP contribution is 2.29. The van der Waals surface area contributed by atoms with E-state index in [4.69, 9.17) is 11.6 Å². The number of halogens is 1. The maximum absolute atomic E-state index is 10.4.